The third-order valence-electron chi connectivity index (χ3n) is 3.09. The maximum atomic E-state index is 9.83. The molecule has 4 N–H and O–H groups in total. The molecule has 1 unspecified atom stereocenters. The molecule has 1 aromatic carbocycles. The van der Waals surface area contributed by atoms with Crippen LogP contribution in [0.15, 0.2) is 34.4 Å². The van der Waals surface area contributed by atoms with Crippen LogP contribution in [0.2, 0.25) is 0 Å². The van der Waals surface area contributed by atoms with Crippen LogP contribution in [0, 0.1) is 5.41 Å². The van der Waals surface area contributed by atoms with Gasteiger partial charge in [0.05, 0.1) is 18.0 Å². The van der Waals surface area contributed by atoms with E-state index >= 15 is 0 Å². The lowest BCUT2D eigenvalue weighted by molar-refractivity contribution is 0.129. The second-order valence-corrected chi connectivity index (χ2v) is 4.69. The smallest absolute Gasteiger partial charge is 0.169 e. The molecular formula is C14H19N5O2. The second kappa shape index (κ2) is 6.57. The molecule has 1 aromatic rings. The van der Waals surface area contributed by atoms with Crippen LogP contribution < -0.4 is 5.32 Å². The summed E-state index contributed by atoms with van der Waals surface area (Å²) in [5.41, 5.74) is 2.63. The Hall–Kier alpha value is -2.09. The topological polar surface area (TPSA) is 104 Å². The molecule has 0 bridgehead atoms. The molecule has 0 saturated heterocycles. The summed E-state index contributed by atoms with van der Waals surface area (Å²) >= 11 is 0. The van der Waals surface area contributed by atoms with Gasteiger partial charge in [-0.3, -0.25) is 10.7 Å². The zero-order valence-electron chi connectivity index (χ0n) is 12.0. The van der Waals surface area contributed by atoms with Crippen molar-refractivity contribution in [2.24, 2.45) is 10.1 Å². The summed E-state index contributed by atoms with van der Waals surface area (Å²) in [7, 11) is 1.71. The quantitative estimate of drug-likeness (QED) is 0.597. The first kappa shape index (κ1) is 15.3. The van der Waals surface area contributed by atoms with Crippen LogP contribution in [-0.2, 0) is 0 Å². The van der Waals surface area contributed by atoms with Crippen LogP contribution in [0.4, 0.5) is 5.69 Å². The lowest BCUT2D eigenvalue weighted by atomic mass is 10.1. The van der Waals surface area contributed by atoms with Crippen LogP contribution in [0.25, 0.3) is 0 Å². The zero-order valence-corrected chi connectivity index (χ0v) is 12.0. The third kappa shape index (κ3) is 3.52. The Morgan fingerprint density at radius 2 is 2.05 bits per heavy atom. The van der Waals surface area contributed by atoms with Crippen molar-refractivity contribution in [1.82, 2.24) is 10.3 Å². The van der Waals surface area contributed by atoms with Gasteiger partial charge in [0.15, 0.2) is 5.84 Å². The Morgan fingerprint density at radius 3 is 2.57 bits per heavy atom. The number of nitrogens with zero attached hydrogens (tertiary/aromatic N) is 3. The van der Waals surface area contributed by atoms with Crippen LogP contribution in [-0.4, -0.2) is 52.7 Å². The number of hydrogen-bond donors (Lipinski definition) is 4. The van der Waals surface area contributed by atoms with Crippen molar-refractivity contribution in [1.29, 1.82) is 5.41 Å². The molecule has 1 aliphatic rings. The largest absolute Gasteiger partial charge is 0.395 e. The Balaban J connectivity index is 2.13. The number of aliphatic hydroxyl groups excluding tert-OH is 2. The maximum Gasteiger partial charge on any atom is 0.169 e. The van der Waals surface area contributed by atoms with E-state index in [0.717, 1.165) is 0 Å². The molecule has 7 nitrogen and oxygen atoms in total. The van der Waals surface area contributed by atoms with Crippen molar-refractivity contribution in [2.75, 3.05) is 20.2 Å². The van der Waals surface area contributed by atoms with Gasteiger partial charge in [-0.25, -0.2) is 10.0 Å². The number of aliphatic imine (C=N–C) groups is 1. The first-order valence-electron chi connectivity index (χ1n) is 6.62. The molecule has 0 amide bonds. The highest BCUT2D eigenvalue weighted by Gasteiger charge is 2.22. The van der Waals surface area contributed by atoms with E-state index in [1.54, 1.807) is 31.3 Å². The van der Waals surface area contributed by atoms with E-state index in [-0.39, 0.29) is 12.4 Å². The van der Waals surface area contributed by atoms with Crippen molar-refractivity contribution in [3.05, 3.63) is 29.8 Å². The van der Waals surface area contributed by atoms with E-state index in [1.807, 2.05) is 6.92 Å². The standard InChI is InChI=1S/C14H19N5O2/c1-9-12(13(15)19(2)18-9)17-11-5-3-10(4-6-11)14(21)16-7-8-20/h3-6,14-16,20-21H,7-8H2,1-2H3. The Bertz CT molecular complexity index is 580. The second-order valence-electron chi connectivity index (χ2n) is 4.69. The van der Waals surface area contributed by atoms with E-state index in [1.165, 1.54) is 5.01 Å². The number of benzene rings is 1. The normalized spacial score (nSPS) is 18.3. The van der Waals surface area contributed by atoms with Gasteiger partial charge in [0.2, 0.25) is 0 Å². The SMILES string of the molecule is CC1=NN(C)C(=N)C1=Nc1ccc(C(O)NCCO)cc1. The molecule has 1 aliphatic heterocycles. The predicted octanol–water partition coefficient (Wildman–Crippen LogP) is 0.630. The van der Waals surface area contributed by atoms with E-state index in [0.29, 0.717) is 29.2 Å². The molecule has 0 radical (unpaired) electrons. The monoisotopic (exact) mass is 289 g/mol. The minimum atomic E-state index is -0.821. The van der Waals surface area contributed by atoms with Crippen molar-refractivity contribution < 1.29 is 10.2 Å². The van der Waals surface area contributed by atoms with Crippen LogP contribution in [0.1, 0.15) is 18.7 Å². The van der Waals surface area contributed by atoms with Crippen molar-refractivity contribution in [3.8, 4) is 0 Å². The van der Waals surface area contributed by atoms with Gasteiger partial charge in [-0.15, -0.1) is 0 Å². The lowest BCUT2D eigenvalue weighted by Crippen LogP contribution is -2.24. The number of hydrazone groups is 1. The van der Waals surface area contributed by atoms with Crippen LogP contribution in [0.5, 0.6) is 0 Å². The average Bonchev–Trinajstić information content (AvgIpc) is 2.72. The van der Waals surface area contributed by atoms with Gasteiger partial charge < -0.3 is 10.2 Å². The van der Waals surface area contributed by atoms with Gasteiger partial charge >= 0.3 is 0 Å². The highest BCUT2D eigenvalue weighted by Crippen LogP contribution is 2.18. The van der Waals surface area contributed by atoms with Crippen molar-refractivity contribution in [2.45, 2.75) is 13.2 Å². The summed E-state index contributed by atoms with van der Waals surface area (Å²) in [6, 6.07) is 7.04. The summed E-state index contributed by atoms with van der Waals surface area (Å²) in [6.45, 7) is 2.11. The molecule has 2 rings (SSSR count). The fraction of sp³-hybridized carbons (Fsp3) is 0.357. The highest BCUT2D eigenvalue weighted by atomic mass is 16.3. The molecule has 7 heteroatoms. The van der Waals surface area contributed by atoms with Gasteiger partial charge in [-0.2, -0.15) is 5.10 Å². The molecule has 1 heterocycles. The summed E-state index contributed by atoms with van der Waals surface area (Å²) in [6.07, 6.45) is -0.821. The summed E-state index contributed by atoms with van der Waals surface area (Å²) in [4.78, 5) is 4.41. The molecule has 0 spiro atoms. The number of nitrogens with one attached hydrogen (secondary N) is 2. The molecule has 112 valence electrons. The van der Waals surface area contributed by atoms with Crippen molar-refractivity contribution in [3.63, 3.8) is 0 Å². The number of hydrogen-bond acceptors (Lipinski definition) is 6. The first-order valence-corrected chi connectivity index (χ1v) is 6.62. The number of rotatable bonds is 5. The molecule has 0 aliphatic carbocycles. The summed E-state index contributed by atoms with van der Waals surface area (Å²) in [5.74, 6) is 0.265. The van der Waals surface area contributed by atoms with Crippen LogP contribution in [0.3, 0.4) is 0 Å². The fourth-order valence-electron chi connectivity index (χ4n) is 1.96. The molecule has 0 saturated carbocycles. The molecular weight excluding hydrogens is 270 g/mol. The fourth-order valence-corrected chi connectivity index (χ4v) is 1.96. The first-order chi connectivity index (χ1) is 10.0. The minimum absolute atomic E-state index is 0.0307. The van der Waals surface area contributed by atoms with E-state index < -0.39 is 6.23 Å². The minimum Gasteiger partial charge on any atom is -0.395 e. The summed E-state index contributed by atoms with van der Waals surface area (Å²) in [5, 5.41) is 34.8. The number of aliphatic hydroxyl groups is 2. The average molecular weight is 289 g/mol. The predicted molar refractivity (Wildman–Crippen MR) is 82.2 cm³/mol. The Kier molecular flexibility index (Phi) is 4.79. The zero-order chi connectivity index (χ0) is 15.4. The Labute approximate surface area is 123 Å². The Morgan fingerprint density at radius 1 is 1.38 bits per heavy atom. The highest BCUT2D eigenvalue weighted by molar-refractivity contribution is 6.69. The maximum absolute atomic E-state index is 9.83. The van der Waals surface area contributed by atoms with Crippen LogP contribution >= 0.6 is 0 Å². The molecule has 0 fully saturated rings. The summed E-state index contributed by atoms with van der Waals surface area (Å²) < 4.78 is 0. The van der Waals surface area contributed by atoms with Gasteiger partial charge in [0, 0.05) is 13.6 Å². The van der Waals surface area contributed by atoms with Crippen molar-refractivity contribution >= 4 is 22.9 Å². The van der Waals surface area contributed by atoms with Gasteiger partial charge in [0.1, 0.15) is 11.9 Å². The van der Waals surface area contributed by atoms with Gasteiger partial charge in [0.25, 0.3) is 0 Å². The van der Waals surface area contributed by atoms with Gasteiger partial charge in [-0.05, 0) is 24.6 Å². The van der Waals surface area contributed by atoms with Gasteiger partial charge in [-0.1, -0.05) is 12.1 Å². The molecule has 21 heavy (non-hydrogen) atoms. The third-order valence-corrected chi connectivity index (χ3v) is 3.09. The van der Waals surface area contributed by atoms with E-state index in [4.69, 9.17) is 10.5 Å². The number of amidine groups is 1. The lowest BCUT2D eigenvalue weighted by Gasteiger charge is -2.12. The van der Waals surface area contributed by atoms with E-state index in [2.05, 4.69) is 15.4 Å². The molecule has 0 aromatic heterocycles. The van der Waals surface area contributed by atoms with E-state index in [9.17, 15) is 5.11 Å². The molecule has 1 atom stereocenters.